The third-order valence-electron chi connectivity index (χ3n) is 2.13. The third kappa shape index (κ3) is 3.90. The number of benzene rings is 1. The Morgan fingerprint density at radius 3 is 2.73 bits per heavy atom. The zero-order valence-corrected chi connectivity index (χ0v) is 9.02. The molecule has 0 unspecified atom stereocenters. The van der Waals surface area contributed by atoms with E-state index in [1.807, 2.05) is 24.3 Å². The number of aryl methyl sites for hydroxylation is 1. The molecule has 2 N–H and O–H groups in total. The minimum absolute atomic E-state index is 0.136. The van der Waals surface area contributed by atoms with Crippen LogP contribution < -0.4 is 4.74 Å². The number of hydrogen-bond acceptors (Lipinski definition) is 3. The summed E-state index contributed by atoms with van der Waals surface area (Å²) in [4.78, 5) is 0. The van der Waals surface area contributed by atoms with Crippen LogP contribution in [0.25, 0.3) is 0 Å². The van der Waals surface area contributed by atoms with E-state index in [-0.39, 0.29) is 13.2 Å². The molecule has 3 heteroatoms. The highest BCUT2D eigenvalue weighted by molar-refractivity contribution is 5.33. The predicted octanol–water partition coefficient (Wildman–Crippen LogP) is 1.37. The van der Waals surface area contributed by atoms with E-state index in [0.29, 0.717) is 0 Å². The average molecular weight is 210 g/mol. The highest BCUT2D eigenvalue weighted by Gasteiger charge is 2.05. The summed E-state index contributed by atoms with van der Waals surface area (Å²) in [7, 11) is 0. The van der Waals surface area contributed by atoms with Gasteiger partial charge in [-0.2, -0.15) is 0 Å². The van der Waals surface area contributed by atoms with Crippen LogP contribution in [0.15, 0.2) is 24.3 Å². The molecule has 1 aromatic rings. The number of hydrogen-bond donors (Lipinski definition) is 2. The van der Waals surface area contributed by atoms with Crippen LogP contribution in [0.3, 0.4) is 0 Å². The Bertz CT molecular complexity index is 286. The molecule has 15 heavy (non-hydrogen) atoms. The van der Waals surface area contributed by atoms with Gasteiger partial charge in [0.2, 0.25) is 0 Å². The van der Waals surface area contributed by atoms with Crippen LogP contribution in [0.1, 0.15) is 18.9 Å². The first-order valence-electron chi connectivity index (χ1n) is 5.27. The minimum Gasteiger partial charge on any atom is -0.491 e. The fraction of sp³-hybridized carbons (Fsp3) is 0.500. The van der Waals surface area contributed by atoms with Gasteiger partial charge >= 0.3 is 0 Å². The summed E-state index contributed by atoms with van der Waals surface area (Å²) in [5.74, 6) is 0.798. The SMILES string of the molecule is CCCc1ccccc1OC[C@@H](O)CO. The van der Waals surface area contributed by atoms with Crippen molar-refractivity contribution in [2.75, 3.05) is 13.2 Å². The maximum Gasteiger partial charge on any atom is 0.122 e. The van der Waals surface area contributed by atoms with Crippen LogP contribution in [-0.4, -0.2) is 29.5 Å². The lowest BCUT2D eigenvalue weighted by atomic mass is 10.1. The molecule has 3 nitrogen and oxygen atoms in total. The van der Waals surface area contributed by atoms with Crippen LogP contribution in [0.2, 0.25) is 0 Å². The summed E-state index contributed by atoms with van der Waals surface area (Å²) in [6, 6.07) is 7.78. The molecular weight excluding hydrogens is 192 g/mol. The number of ether oxygens (including phenoxy) is 1. The smallest absolute Gasteiger partial charge is 0.122 e. The molecule has 0 aliphatic carbocycles. The van der Waals surface area contributed by atoms with Crippen LogP contribution in [-0.2, 0) is 6.42 Å². The number of aliphatic hydroxyl groups excluding tert-OH is 2. The van der Waals surface area contributed by atoms with Gasteiger partial charge in [-0.15, -0.1) is 0 Å². The fourth-order valence-electron chi connectivity index (χ4n) is 1.36. The van der Waals surface area contributed by atoms with E-state index in [0.717, 1.165) is 24.2 Å². The molecule has 0 aliphatic heterocycles. The Kier molecular flexibility index (Phi) is 5.15. The van der Waals surface area contributed by atoms with Crippen LogP contribution in [0.5, 0.6) is 5.75 Å². The monoisotopic (exact) mass is 210 g/mol. The van der Waals surface area contributed by atoms with Crippen LogP contribution in [0.4, 0.5) is 0 Å². The second-order valence-corrected chi connectivity index (χ2v) is 3.51. The van der Waals surface area contributed by atoms with Crippen molar-refractivity contribution in [2.24, 2.45) is 0 Å². The maximum absolute atomic E-state index is 9.17. The van der Waals surface area contributed by atoms with Gasteiger partial charge < -0.3 is 14.9 Å². The normalized spacial score (nSPS) is 12.5. The van der Waals surface area contributed by atoms with E-state index in [4.69, 9.17) is 14.9 Å². The molecule has 0 saturated heterocycles. The van der Waals surface area contributed by atoms with Gasteiger partial charge in [0.25, 0.3) is 0 Å². The van der Waals surface area contributed by atoms with Crippen molar-refractivity contribution in [3.8, 4) is 5.75 Å². The van der Waals surface area contributed by atoms with E-state index in [1.165, 1.54) is 0 Å². The van der Waals surface area contributed by atoms with Crippen molar-refractivity contribution < 1.29 is 14.9 Å². The number of aliphatic hydroxyl groups is 2. The van der Waals surface area contributed by atoms with Gasteiger partial charge in [0.05, 0.1) is 6.61 Å². The maximum atomic E-state index is 9.17. The summed E-state index contributed by atoms with van der Waals surface area (Å²) >= 11 is 0. The standard InChI is InChI=1S/C12H18O3/c1-2-5-10-6-3-4-7-12(10)15-9-11(14)8-13/h3-4,6-7,11,13-14H,2,5,8-9H2,1H3/t11-/m0/s1. The third-order valence-corrected chi connectivity index (χ3v) is 2.13. The summed E-state index contributed by atoms with van der Waals surface area (Å²) in [5.41, 5.74) is 1.14. The summed E-state index contributed by atoms with van der Waals surface area (Å²) in [6.45, 7) is 1.98. The van der Waals surface area contributed by atoms with Crippen LogP contribution in [0, 0.1) is 0 Å². The predicted molar refractivity (Wildman–Crippen MR) is 59.0 cm³/mol. The molecule has 0 amide bonds. The van der Waals surface area contributed by atoms with Crippen molar-refractivity contribution in [3.63, 3.8) is 0 Å². The number of rotatable bonds is 6. The Morgan fingerprint density at radius 2 is 2.07 bits per heavy atom. The molecule has 1 atom stereocenters. The van der Waals surface area contributed by atoms with Crippen molar-refractivity contribution in [1.29, 1.82) is 0 Å². The Morgan fingerprint density at radius 1 is 1.33 bits per heavy atom. The van der Waals surface area contributed by atoms with Crippen LogP contribution >= 0.6 is 0 Å². The Labute approximate surface area is 90.3 Å². The highest BCUT2D eigenvalue weighted by atomic mass is 16.5. The average Bonchev–Trinajstić information content (AvgIpc) is 2.28. The number of para-hydroxylation sites is 1. The molecule has 0 spiro atoms. The van der Waals surface area contributed by atoms with E-state index >= 15 is 0 Å². The zero-order chi connectivity index (χ0) is 11.1. The first-order chi connectivity index (χ1) is 7.27. The van der Waals surface area contributed by atoms with Gasteiger partial charge in [0.15, 0.2) is 0 Å². The molecule has 0 saturated carbocycles. The molecule has 0 aliphatic rings. The lowest BCUT2D eigenvalue weighted by molar-refractivity contribution is 0.0533. The fourth-order valence-corrected chi connectivity index (χ4v) is 1.36. The Hall–Kier alpha value is -1.06. The molecule has 1 aromatic carbocycles. The van der Waals surface area contributed by atoms with Gasteiger partial charge in [-0.3, -0.25) is 0 Å². The summed E-state index contributed by atoms with van der Waals surface area (Å²) in [6.07, 6.45) is 1.22. The quantitative estimate of drug-likeness (QED) is 0.745. The van der Waals surface area contributed by atoms with E-state index in [1.54, 1.807) is 0 Å². The minimum atomic E-state index is -0.806. The van der Waals surface area contributed by atoms with E-state index < -0.39 is 6.10 Å². The molecule has 0 aromatic heterocycles. The molecule has 0 fully saturated rings. The molecule has 0 bridgehead atoms. The summed E-state index contributed by atoms with van der Waals surface area (Å²) in [5, 5.41) is 17.8. The van der Waals surface area contributed by atoms with Crippen molar-refractivity contribution >= 4 is 0 Å². The first-order valence-corrected chi connectivity index (χ1v) is 5.27. The van der Waals surface area contributed by atoms with Gasteiger partial charge in [0, 0.05) is 0 Å². The van der Waals surface area contributed by atoms with E-state index in [9.17, 15) is 0 Å². The van der Waals surface area contributed by atoms with Crippen molar-refractivity contribution in [2.45, 2.75) is 25.9 Å². The summed E-state index contributed by atoms with van der Waals surface area (Å²) < 4.78 is 5.43. The van der Waals surface area contributed by atoms with Gasteiger partial charge in [-0.1, -0.05) is 31.5 Å². The second-order valence-electron chi connectivity index (χ2n) is 3.51. The van der Waals surface area contributed by atoms with Crippen molar-refractivity contribution in [1.82, 2.24) is 0 Å². The lowest BCUT2D eigenvalue weighted by Crippen LogP contribution is -2.21. The molecule has 84 valence electrons. The van der Waals surface area contributed by atoms with Gasteiger partial charge in [-0.25, -0.2) is 0 Å². The molecule has 1 rings (SSSR count). The van der Waals surface area contributed by atoms with Gasteiger partial charge in [0.1, 0.15) is 18.5 Å². The lowest BCUT2D eigenvalue weighted by Gasteiger charge is -2.13. The topological polar surface area (TPSA) is 49.7 Å². The zero-order valence-electron chi connectivity index (χ0n) is 9.02. The Balaban J connectivity index is 2.58. The molecule has 0 radical (unpaired) electrons. The van der Waals surface area contributed by atoms with Crippen molar-refractivity contribution in [3.05, 3.63) is 29.8 Å². The largest absolute Gasteiger partial charge is 0.491 e. The van der Waals surface area contributed by atoms with E-state index in [2.05, 4.69) is 6.92 Å². The molecule has 0 heterocycles. The highest BCUT2D eigenvalue weighted by Crippen LogP contribution is 2.19. The first kappa shape index (κ1) is 12.0. The van der Waals surface area contributed by atoms with Gasteiger partial charge in [-0.05, 0) is 18.1 Å². The second kappa shape index (κ2) is 6.43. The molecular formula is C12H18O3.